The third kappa shape index (κ3) is 3.13. The van der Waals surface area contributed by atoms with Crippen molar-refractivity contribution in [1.29, 1.82) is 0 Å². The van der Waals surface area contributed by atoms with Gasteiger partial charge in [-0.05, 0) is 98.6 Å². The molecule has 0 radical (unpaired) electrons. The first-order chi connectivity index (χ1) is 10.4. The van der Waals surface area contributed by atoms with Crippen LogP contribution in [0.15, 0.2) is 24.3 Å². The average Bonchev–Trinajstić information content (AvgIpc) is 2.50. The minimum Gasteiger partial charge on any atom is -0.138 e. The van der Waals surface area contributed by atoms with Gasteiger partial charge in [0.2, 0.25) is 0 Å². The van der Waals surface area contributed by atoms with Crippen LogP contribution in [0, 0.1) is 41.5 Å². The summed E-state index contributed by atoms with van der Waals surface area (Å²) in [5.74, 6) is 0.496. The molecule has 0 aliphatic heterocycles. The summed E-state index contributed by atoms with van der Waals surface area (Å²) < 4.78 is 0. The number of aryl methyl sites for hydroxylation is 2. The van der Waals surface area contributed by atoms with E-state index in [1.165, 1.54) is 50.9 Å². The van der Waals surface area contributed by atoms with E-state index in [0.29, 0.717) is 5.92 Å². The lowest BCUT2D eigenvalue weighted by atomic mass is 9.81. The molecule has 2 aromatic carbocycles. The first kappa shape index (κ1) is 17.2. The van der Waals surface area contributed by atoms with Crippen molar-refractivity contribution in [3.05, 3.63) is 68.8 Å². The smallest absolute Gasteiger partial charge is 0.00979 e. The van der Waals surface area contributed by atoms with Crippen LogP contribution in [0.5, 0.6) is 0 Å². The summed E-state index contributed by atoms with van der Waals surface area (Å²) in [6.45, 7) is 13.5. The first-order valence-electron chi connectivity index (χ1n) is 8.22. The van der Waals surface area contributed by atoms with Crippen molar-refractivity contribution in [2.75, 3.05) is 6.16 Å². The Balaban J connectivity index is 2.62. The maximum atomic E-state index is 2.90. The number of benzene rings is 2. The third-order valence-corrected chi connectivity index (χ3v) is 5.74. The van der Waals surface area contributed by atoms with Gasteiger partial charge in [0.05, 0.1) is 0 Å². The summed E-state index contributed by atoms with van der Waals surface area (Å²) in [6.07, 6.45) is 2.31. The highest BCUT2D eigenvalue weighted by atomic mass is 31.0. The van der Waals surface area contributed by atoms with Crippen LogP contribution >= 0.6 is 9.24 Å². The molecule has 0 N–H and O–H groups in total. The van der Waals surface area contributed by atoms with Crippen molar-refractivity contribution in [3.8, 4) is 0 Å². The van der Waals surface area contributed by atoms with Gasteiger partial charge >= 0.3 is 0 Å². The van der Waals surface area contributed by atoms with Gasteiger partial charge in [-0.15, -0.1) is 9.24 Å². The molecular weight excluding hydrogens is 283 g/mol. The van der Waals surface area contributed by atoms with E-state index in [1.54, 1.807) is 0 Å². The fourth-order valence-electron chi connectivity index (χ4n) is 3.35. The van der Waals surface area contributed by atoms with Gasteiger partial charge in [-0.25, -0.2) is 0 Å². The molecule has 0 heterocycles. The van der Waals surface area contributed by atoms with Crippen LogP contribution in [-0.4, -0.2) is 6.16 Å². The topological polar surface area (TPSA) is 0 Å². The molecule has 0 saturated heterocycles. The summed E-state index contributed by atoms with van der Waals surface area (Å²) in [5, 5.41) is 0. The molecule has 0 aliphatic carbocycles. The third-order valence-electron chi connectivity index (χ3n) is 5.41. The second-order valence-corrected chi connectivity index (χ2v) is 7.15. The van der Waals surface area contributed by atoms with Crippen molar-refractivity contribution in [2.45, 2.75) is 53.9 Å². The van der Waals surface area contributed by atoms with Gasteiger partial charge < -0.3 is 0 Å². The standard InChI is InChI=1S/C21H29P/c1-13-7-9-19(17(5)15(13)3)21(11-12-22)20-10-8-14(2)16(4)18(20)6/h7-10,21H,11-12,22H2,1-6H3. The molecular formula is C21H29P. The minimum absolute atomic E-state index is 0.496. The quantitative estimate of drug-likeness (QED) is 0.613. The lowest BCUT2D eigenvalue weighted by Crippen LogP contribution is -2.09. The van der Waals surface area contributed by atoms with Crippen LogP contribution in [0.3, 0.4) is 0 Å². The maximum Gasteiger partial charge on any atom is 0.00979 e. The van der Waals surface area contributed by atoms with Crippen molar-refractivity contribution < 1.29 is 0 Å². The van der Waals surface area contributed by atoms with Gasteiger partial charge in [0.1, 0.15) is 0 Å². The largest absolute Gasteiger partial charge is 0.138 e. The number of rotatable bonds is 4. The van der Waals surface area contributed by atoms with E-state index in [9.17, 15) is 0 Å². The summed E-state index contributed by atoms with van der Waals surface area (Å²) in [4.78, 5) is 0. The predicted molar refractivity (Wildman–Crippen MR) is 102 cm³/mol. The number of hydrogen-bond donors (Lipinski definition) is 0. The van der Waals surface area contributed by atoms with E-state index in [2.05, 4.69) is 75.0 Å². The van der Waals surface area contributed by atoms with Gasteiger partial charge in [0.25, 0.3) is 0 Å². The Kier molecular flexibility index (Phi) is 5.45. The van der Waals surface area contributed by atoms with Gasteiger partial charge in [-0.1, -0.05) is 24.3 Å². The number of hydrogen-bond acceptors (Lipinski definition) is 0. The zero-order chi connectivity index (χ0) is 16.4. The first-order valence-corrected chi connectivity index (χ1v) is 9.03. The molecule has 0 fully saturated rings. The Morgan fingerprint density at radius 2 is 1.09 bits per heavy atom. The average molecular weight is 312 g/mol. The fourth-order valence-corrected chi connectivity index (χ4v) is 3.69. The zero-order valence-corrected chi connectivity index (χ0v) is 16.0. The van der Waals surface area contributed by atoms with E-state index in [1.807, 2.05) is 0 Å². The molecule has 0 bridgehead atoms. The Morgan fingerprint density at radius 3 is 1.45 bits per heavy atom. The lowest BCUT2D eigenvalue weighted by molar-refractivity contribution is 0.769. The highest BCUT2D eigenvalue weighted by molar-refractivity contribution is 7.16. The molecule has 2 aromatic rings. The molecule has 0 spiro atoms. The molecule has 0 amide bonds. The van der Waals surface area contributed by atoms with Crippen molar-refractivity contribution in [3.63, 3.8) is 0 Å². The maximum absolute atomic E-state index is 2.90. The van der Waals surface area contributed by atoms with Gasteiger partial charge in [-0.3, -0.25) is 0 Å². The van der Waals surface area contributed by atoms with E-state index < -0.39 is 0 Å². The van der Waals surface area contributed by atoms with Gasteiger partial charge in [0.15, 0.2) is 0 Å². The second kappa shape index (κ2) is 6.97. The van der Waals surface area contributed by atoms with Crippen molar-refractivity contribution in [1.82, 2.24) is 0 Å². The monoisotopic (exact) mass is 312 g/mol. The molecule has 22 heavy (non-hydrogen) atoms. The molecule has 118 valence electrons. The molecule has 1 atom stereocenters. The molecule has 0 aromatic heterocycles. The molecule has 2 rings (SSSR count). The fraction of sp³-hybridized carbons (Fsp3) is 0.429. The van der Waals surface area contributed by atoms with E-state index in [4.69, 9.17) is 0 Å². The van der Waals surface area contributed by atoms with Gasteiger partial charge in [-0.2, -0.15) is 0 Å². The highest BCUT2D eigenvalue weighted by Gasteiger charge is 2.19. The second-order valence-electron chi connectivity index (χ2n) is 6.57. The minimum atomic E-state index is 0.496. The molecule has 1 heteroatoms. The SMILES string of the molecule is Cc1ccc(C(CCP)c2ccc(C)c(C)c2C)c(C)c1C. The Bertz CT molecular complexity index is 625. The van der Waals surface area contributed by atoms with Crippen LogP contribution in [0.25, 0.3) is 0 Å². The highest BCUT2D eigenvalue weighted by Crippen LogP contribution is 2.36. The Labute approximate surface area is 138 Å². The van der Waals surface area contributed by atoms with Crippen LogP contribution in [-0.2, 0) is 0 Å². The normalized spacial score (nSPS) is 11.3. The molecule has 0 nitrogen and oxygen atoms in total. The van der Waals surface area contributed by atoms with E-state index in [0.717, 1.165) is 6.16 Å². The van der Waals surface area contributed by atoms with E-state index >= 15 is 0 Å². The Hall–Kier alpha value is -1.13. The van der Waals surface area contributed by atoms with Crippen LogP contribution in [0.4, 0.5) is 0 Å². The summed E-state index contributed by atoms with van der Waals surface area (Å²) in [7, 11) is 2.90. The van der Waals surface area contributed by atoms with E-state index in [-0.39, 0.29) is 0 Å². The van der Waals surface area contributed by atoms with Crippen LogP contribution in [0.2, 0.25) is 0 Å². The molecule has 0 saturated carbocycles. The van der Waals surface area contributed by atoms with Crippen LogP contribution in [0.1, 0.15) is 56.8 Å². The summed E-state index contributed by atoms with van der Waals surface area (Å²) >= 11 is 0. The molecule has 0 aliphatic rings. The molecule has 1 unspecified atom stereocenters. The van der Waals surface area contributed by atoms with Crippen molar-refractivity contribution in [2.24, 2.45) is 0 Å². The predicted octanol–water partition coefficient (Wildman–Crippen LogP) is 5.93. The lowest BCUT2D eigenvalue weighted by Gasteiger charge is -2.24. The van der Waals surface area contributed by atoms with Gasteiger partial charge in [0, 0.05) is 5.92 Å². The summed E-state index contributed by atoms with van der Waals surface area (Å²) in [6, 6.07) is 9.25. The van der Waals surface area contributed by atoms with Crippen molar-refractivity contribution >= 4 is 9.24 Å². The Morgan fingerprint density at radius 1 is 0.682 bits per heavy atom. The van der Waals surface area contributed by atoms with Crippen LogP contribution < -0.4 is 0 Å². The summed E-state index contributed by atoms with van der Waals surface area (Å²) in [5.41, 5.74) is 11.6. The zero-order valence-electron chi connectivity index (χ0n) is 14.9.